The van der Waals surface area contributed by atoms with Gasteiger partial charge in [0.2, 0.25) is 0 Å². The topological polar surface area (TPSA) is 78.9 Å². The normalized spacial score (nSPS) is 13.2. The average molecular weight is 897 g/mol. The van der Waals surface area contributed by atoms with E-state index in [0.29, 0.717) is 25.7 Å². The molecule has 0 aliphatic carbocycles. The number of carbonyl (C=O) groups is 3. The highest BCUT2D eigenvalue weighted by molar-refractivity contribution is 5.71. The second kappa shape index (κ2) is 52.2. The minimum atomic E-state index is -0.830. The molecule has 0 saturated heterocycles. The van der Waals surface area contributed by atoms with Gasteiger partial charge in [-0.3, -0.25) is 14.4 Å². The Morgan fingerprint density at radius 3 is 0.954 bits per heavy atom. The van der Waals surface area contributed by atoms with Crippen LogP contribution in [0.25, 0.3) is 0 Å². The van der Waals surface area contributed by atoms with Gasteiger partial charge in [0.05, 0.1) is 0 Å². The maximum Gasteiger partial charge on any atom is 0.306 e. The van der Waals surface area contributed by atoms with E-state index < -0.39 is 6.10 Å². The number of rotatable bonds is 44. The van der Waals surface area contributed by atoms with Gasteiger partial charge < -0.3 is 14.2 Å². The van der Waals surface area contributed by atoms with E-state index in [2.05, 4.69) is 154 Å². The highest BCUT2D eigenvalue weighted by Gasteiger charge is 2.19. The van der Waals surface area contributed by atoms with Crippen molar-refractivity contribution in [2.45, 2.75) is 207 Å². The van der Waals surface area contributed by atoms with Crippen LogP contribution < -0.4 is 0 Å². The Morgan fingerprint density at radius 1 is 0.323 bits per heavy atom. The lowest BCUT2D eigenvalue weighted by atomic mass is 10.1. The van der Waals surface area contributed by atoms with E-state index in [1.54, 1.807) is 0 Å². The fraction of sp³-hybridized carbons (Fsp3) is 0.576. The number of unbranched alkanes of at least 4 members (excludes halogenated alkanes) is 11. The van der Waals surface area contributed by atoms with E-state index in [1.165, 1.54) is 25.7 Å². The Bertz CT molecular complexity index is 1450. The van der Waals surface area contributed by atoms with Gasteiger partial charge in [-0.05, 0) is 135 Å². The molecule has 0 bridgehead atoms. The lowest BCUT2D eigenvalue weighted by molar-refractivity contribution is -0.167. The molecule has 65 heavy (non-hydrogen) atoms. The van der Waals surface area contributed by atoms with Crippen molar-refractivity contribution in [3.05, 3.63) is 134 Å². The summed E-state index contributed by atoms with van der Waals surface area (Å²) in [5.74, 6) is -1.04. The molecule has 6 heteroatoms. The first-order valence-corrected chi connectivity index (χ1v) is 25.7. The first-order chi connectivity index (χ1) is 32.0. The van der Waals surface area contributed by atoms with Crippen LogP contribution in [0.5, 0.6) is 0 Å². The van der Waals surface area contributed by atoms with Crippen molar-refractivity contribution in [1.82, 2.24) is 0 Å². The highest BCUT2D eigenvalue weighted by Crippen LogP contribution is 2.11. The van der Waals surface area contributed by atoms with Gasteiger partial charge in [-0.15, -0.1) is 0 Å². The van der Waals surface area contributed by atoms with Gasteiger partial charge in [-0.25, -0.2) is 0 Å². The Kier molecular flexibility index (Phi) is 48.6. The number of carbonyl (C=O) groups excluding carboxylic acids is 3. The highest BCUT2D eigenvalue weighted by atomic mass is 16.6. The van der Waals surface area contributed by atoms with Crippen molar-refractivity contribution in [3.63, 3.8) is 0 Å². The predicted octanol–water partition coefficient (Wildman–Crippen LogP) is 17.1. The lowest BCUT2D eigenvalue weighted by Crippen LogP contribution is -2.30. The molecule has 0 radical (unpaired) electrons. The molecule has 0 aliphatic rings. The minimum absolute atomic E-state index is 0.125. The van der Waals surface area contributed by atoms with Gasteiger partial charge in [0.1, 0.15) is 13.2 Å². The summed E-state index contributed by atoms with van der Waals surface area (Å²) in [5, 5.41) is 0. The van der Waals surface area contributed by atoms with Gasteiger partial charge in [0, 0.05) is 19.3 Å². The first kappa shape index (κ1) is 60.5. The van der Waals surface area contributed by atoms with E-state index in [4.69, 9.17) is 14.2 Å². The molecule has 364 valence electrons. The standard InChI is InChI=1S/C59H92O6/c1-4-7-10-13-16-19-22-25-28-29-32-34-37-40-43-46-49-52-58(61)64-55-56(65-59(62)53-50-47-44-41-38-35-31-27-24-21-18-15-12-9-6-3)54-63-57(60)51-48-45-42-39-36-33-30-26-23-20-17-14-11-8-5-2/h7,9-10,12,16-21,25-28,30-32,34,36,38-39,41,56H,4-6,8,11,13-15,22-24,29,33,35,37,40,42-55H2,1-3H3/b10-7-,12-9-,19-16-,20-17-,21-18-,28-25-,30-26-,31-27-,34-32-,39-36-,41-38-/t56-/m0/s1. The van der Waals surface area contributed by atoms with Gasteiger partial charge in [0.25, 0.3) is 0 Å². The summed E-state index contributed by atoms with van der Waals surface area (Å²) in [6.45, 7) is 6.26. The average Bonchev–Trinajstić information content (AvgIpc) is 3.30. The minimum Gasteiger partial charge on any atom is -0.462 e. The van der Waals surface area contributed by atoms with E-state index >= 15 is 0 Å². The molecule has 0 unspecified atom stereocenters. The van der Waals surface area contributed by atoms with Gasteiger partial charge in [-0.2, -0.15) is 0 Å². The van der Waals surface area contributed by atoms with Crippen molar-refractivity contribution < 1.29 is 28.6 Å². The summed E-state index contributed by atoms with van der Waals surface area (Å²) < 4.78 is 16.7. The van der Waals surface area contributed by atoms with Gasteiger partial charge in [-0.1, -0.05) is 180 Å². The van der Waals surface area contributed by atoms with Crippen molar-refractivity contribution in [2.24, 2.45) is 0 Å². The molecule has 0 aliphatic heterocycles. The predicted molar refractivity (Wildman–Crippen MR) is 279 cm³/mol. The van der Waals surface area contributed by atoms with Crippen LogP contribution in [0.1, 0.15) is 201 Å². The summed E-state index contributed by atoms with van der Waals surface area (Å²) in [4.78, 5) is 38.0. The van der Waals surface area contributed by atoms with Crippen molar-refractivity contribution in [1.29, 1.82) is 0 Å². The van der Waals surface area contributed by atoms with Crippen LogP contribution in [-0.4, -0.2) is 37.2 Å². The summed E-state index contributed by atoms with van der Waals surface area (Å²) in [7, 11) is 0. The number of ether oxygens (including phenoxy) is 3. The van der Waals surface area contributed by atoms with Crippen LogP contribution in [0.4, 0.5) is 0 Å². The zero-order chi connectivity index (χ0) is 47.2. The maximum absolute atomic E-state index is 12.8. The molecule has 0 saturated carbocycles. The van der Waals surface area contributed by atoms with Crippen molar-refractivity contribution >= 4 is 17.9 Å². The quantitative estimate of drug-likeness (QED) is 0.0262. The third-order valence-corrected chi connectivity index (χ3v) is 10.1. The molecule has 0 rings (SSSR count). The molecule has 0 N–H and O–H groups in total. The van der Waals surface area contributed by atoms with Crippen molar-refractivity contribution in [3.8, 4) is 0 Å². The second-order valence-corrected chi connectivity index (χ2v) is 16.3. The third-order valence-electron chi connectivity index (χ3n) is 10.1. The lowest BCUT2D eigenvalue weighted by Gasteiger charge is -2.18. The Balaban J connectivity index is 4.59. The van der Waals surface area contributed by atoms with Gasteiger partial charge >= 0.3 is 17.9 Å². The zero-order valence-corrected chi connectivity index (χ0v) is 41.4. The van der Waals surface area contributed by atoms with Crippen LogP contribution in [0.3, 0.4) is 0 Å². The van der Waals surface area contributed by atoms with Crippen LogP contribution in [0.2, 0.25) is 0 Å². The van der Waals surface area contributed by atoms with Crippen LogP contribution in [0.15, 0.2) is 134 Å². The summed E-state index contributed by atoms with van der Waals surface area (Å²) in [5.41, 5.74) is 0. The number of esters is 3. The van der Waals surface area contributed by atoms with Crippen LogP contribution in [-0.2, 0) is 28.6 Å². The molecule has 0 heterocycles. The largest absolute Gasteiger partial charge is 0.462 e. The van der Waals surface area contributed by atoms with Crippen molar-refractivity contribution in [2.75, 3.05) is 13.2 Å². The second-order valence-electron chi connectivity index (χ2n) is 16.3. The monoisotopic (exact) mass is 897 g/mol. The molecular weight excluding hydrogens is 805 g/mol. The van der Waals surface area contributed by atoms with Gasteiger partial charge in [0.15, 0.2) is 6.10 Å². The van der Waals surface area contributed by atoms with Crippen LogP contribution >= 0.6 is 0 Å². The van der Waals surface area contributed by atoms with E-state index in [-0.39, 0.29) is 37.5 Å². The van der Waals surface area contributed by atoms with E-state index in [0.717, 1.165) is 122 Å². The molecular formula is C59H92O6. The summed E-state index contributed by atoms with van der Waals surface area (Å²) in [6, 6.07) is 0. The summed E-state index contributed by atoms with van der Waals surface area (Å²) >= 11 is 0. The van der Waals surface area contributed by atoms with E-state index in [9.17, 15) is 14.4 Å². The molecule has 6 nitrogen and oxygen atoms in total. The number of allylic oxidation sites excluding steroid dienone is 22. The fourth-order valence-corrected chi connectivity index (χ4v) is 6.31. The molecule has 1 atom stereocenters. The first-order valence-electron chi connectivity index (χ1n) is 25.7. The molecule has 0 aromatic rings. The van der Waals surface area contributed by atoms with Crippen LogP contribution in [0, 0.1) is 0 Å². The van der Waals surface area contributed by atoms with E-state index in [1.807, 2.05) is 0 Å². The SMILES string of the molecule is CC/C=C\C/C=C\C/C=C\C/C=C\CCCCCCC(=O)OC[C@H](COC(=O)CCCC/C=C\C/C=C\C/C=C\CCCCC)OC(=O)CCCC/C=C\C/C=C\C/C=C\C/C=C\CC. The fourth-order valence-electron chi connectivity index (χ4n) is 6.31. The molecule has 0 amide bonds. The Hall–Kier alpha value is -4.45. The smallest absolute Gasteiger partial charge is 0.306 e. The molecule has 0 fully saturated rings. The number of hydrogen-bond acceptors (Lipinski definition) is 6. The molecule has 0 aromatic heterocycles. The third kappa shape index (κ3) is 50.4. The molecule has 0 aromatic carbocycles. The molecule has 0 spiro atoms. The Morgan fingerprint density at radius 2 is 0.600 bits per heavy atom. The Labute approximate surface area is 398 Å². The maximum atomic E-state index is 12.8. The summed E-state index contributed by atoms with van der Waals surface area (Å²) in [6.07, 6.45) is 72.9. The zero-order valence-electron chi connectivity index (χ0n) is 41.4. The number of hydrogen-bond donors (Lipinski definition) is 0.